The van der Waals surface area contributed by atoms with Gasteiger partial charge in [-0.05, 0) is 49.1 Å². The van der Waals surface area contributed by atoms with Gasteiger partial charge in [-0.25, -0.2) is 0 Å². The minimum Gasteiger partial charge on any atom is -0.464 e. The van der Waals surface area contributed by atoms with Gasteiger partial charge in [-0.15, -0.1) is 0 Å². The molecule has 184 valence electrons. The molecule has 8 heteroatoms. The number of aliphatic hydroxyl groups is 1. The van der Waals surface area contributed by atoms with E-state index in [2.05, 4.69) is 0 Å². The highest BCUT2D eigenvalue weighted by atomic mass is 16.6. The van der Waals surface area contributed by atoms with Crippen molar-refractivity contribution in [3.05, 3.63) is 35.1 Å². The third-order valence-corrected chi connectivity index (χ3v) is 7.93. The summed E-state index contributed by atoms with van der Waals surface area (Å²) in [5.74, 6) is -1.61. The van der Waals surface area contributed by atoms with Crippen molar-refractivity contribution in [3.63, 3.8) is 0 Å². The minimum atomic E-state index is -1.66. The van der Waals surface area contributed by atoms with Gasteiger partial charge in [0.15, 0.2) is 6.10 Å². The van der Waals surface area contributed by atoms with Gasteiger partial charge in [0.2, 0.25) is 0 Å². The van der Waals surface area contributed by atoms with Crippen LogP contribution in [0, 0.1) is 12.3 Å². The Morgan fingerprint density at radius 1 is 1.03 bits per heavy atom. The lowest BCUT2D eigenvalue weighted by atomic mass is 9.44. The summed E-state index contributed by atoms with van der Waals surface area (Å²) in [6, 6.07) is 3.72. The van der Waals surface area contributed by atoms with Crippen LogP contribution in [0.5, 0.6) is 0 Å². The maximum atomic E-state index is 12.6. The molecule has 1 heterocycles. The number of furan rings is 1. The number of carbonyl (C=O) groups is 3. The van der Waals surface area contributed by atoms with E-state index in [1.165, 1.54) is 20.8 Å². The molecule has 4 rings (SSSR count). The fourth-order valence-corrected chi connectivity index (χ4v) is 6.59. The average Bonchev–Trinajstić information content (AvgIpc) is 3.17. The predicted molar refractivity (Wildman–Crippen MR) is 122 cm³/mol. The van der Waals surface area contributed by atoms with Gasteiger partial charge in [-0.1, -0.05) is 13.8 Å². The lowest BCUT2D eigenvalue weighted by Gasteiger charge is -2.65. The van der Waals surface area contributed by atoms with Crippen LogP contribution in [0.15, 0.2) is 22.8 Å². The molecule has 1 fully saturated rings. The van der Waals surface area contributed by atoms with Crippen molar-refractivity contribution >= 4 is 28.9 Å². The highest BCUT2D eigenvalue weighted by Crippen LogP contribution is 2.62. The van der Waals surface area contributed by atoms with E-state index >= 15 is 0 Å². The molecule has 0 spiro atoms. The van der Waals surface area contributed by atoms with Gasteiger partial charge in [0, 0.05) is 38.0 Å². The SMILES string of the molecule is CC(=O)O[C@H]1CC(C)(C)[C@]2(O)[C@@H](OC(C)=O)Cc3c(cc4occc4c3C)[C@@]2(C)[C@H]1OC(C)=O. The van der Waals surface area contributed by atoms with Gasteiger partial charge >= 0.3 is 17.9 Å². The number of fused-ring (bicyclic) bond motifs is 4. The Morgan fingerprint density at radius 3 is 2.24 bits per heavy atom. The molecule has 8 nitrogen and oxygen atoms in total. The standard InChI is InChI=1S/C26H32O8/c1-13-17-8-9-31-20(17)11-19-18(13)10-22(33-15(3)28)26(30)24(5,6)12-21(32-14(2)27)23(25(19,26)7)34-16(4)29/h8-9,11,21-23,30H,10,12H2,1-7H3/t21-,22-,23-,25-,26+/m0/s1. The van der Waals surface area contributed by atoms with E-state index < -0.39 is 52.7 Å². The first-order valence-corrected chi connectivity index (χ1v) is 11.5. The fraction of sp³-hybridized carbons (Fsp3) is 0.577. The normalized spacial score (nSPS) is 31.8. The molecule has 2 aromatic rings. The Bertz CT molecular complexity index is 1180. The van der Waals surface area contributed by atoms with Crippen molar-refractivity contribution in [1.82, 2.24) is 0 Å². The number of carbonyl (C=O) groups excluding carboxylic acids is 3. The van der Waals surface area contributed by atoms with Crippen LogP contribution in [0.3, 0.4) is 0 Å². The number of hydrogen-bond acceptors (Lipinski definition) is 8. The number of benzene rings is 1. The number of hydrogen-bond donors (Lipinski definition) is 1. The minimum absolute atomic E-state index is 0.200. The number of rotatable bonds is 3. The molecule has 1 N–H and O–H groups in total. The van der Waals surface area contributed by atoms with Gasteiger partial charge in [0.05, 0.1) is 11.7 Å². The molecule has 0 radical (unpaired) electrons. The summed E-state index contributed by atoms with van der Waals surface area (Å²) in [6.07, 6.45) is -0.698. The van der Waals surface area contributed by atoms with Gasteiger partial charge in [-0.3, -0.25) is 14.4 Å². The topological polar surface area (TPSA) is 112 Å². The van der Waals surface area contributed by atoms with Gasteiger partial charge in [0.25, 0.3) is 0 Å². The average molecular weight is 473 g/mol. The Hall–Kier alpha value is -2.87. The third-order valence-electron chi connectivity index (χ3n) is 7.93. The lowest BCUT2D eigenvalue weighted by Crippen LogP contribution is -2.78. The summed E-state index contributed by atoms with van der Waals surface area (Å²) >= 11 is 0. The van der Waals surface area contributed by atoms with Crippen LogP contribution in [0.1, 0.15) is 64.7 Å². The summed E-state index contributed by atoms with van der Waals surface area (Å²) in [5, 5.41) is 13.6. The van der Waals surface area contributed by atoms with Crippen LogP contribution in [0.2, 0.25) is 0 Å². The second kappa shape index (κ2) is 7.83. The second-order valence-corrected chi connectivity index (χ2v) is 10.4. The summed E-state index contributed by atoms with van der Waals surface area (Å²) in [6.45, 7) is 11.3. The van der Waals surface area contributed by atoms with E-state index in [4.69, 9.17) is 18.6 Å². The molecule has 1 saturated carbocycles. The van der Waals surface area contributed by atoms with Crippen molar-refractivity contribution < 1.29 is 38.1 Å². The Morgan fingerprint density at radius 2 is 1.65 bits per heavy atom. The van der Waals surface area contributed by atoms with Crippen LogP contribution in [-0.4, -0.2) is 46.9 Å². The van der Waals surface area contributed by atoms with Crippen LogP contribution in [0.4, 0.5) is 0 Å². The van der Waals surface area contributed by atoms with E-state index in [0.29, 0.717) is 5.58 Å². The predicted octanol–water partition coefficient (Wildman–Crippen LogP) is 3.51. The summed E-state index contributed by atoms with van der Waals surface area (Å²) in [5.41, 5.74) is -0.724. The largest absolute Gasteiger partial charge is 0.464 e. The van der Waals surface area contributed by atoms with Crippen molar-refractivity contribution in [3.8, 4) is 0 Å². The molecule has 1 aromatic carbocycles. The Balaban J connectivity index is 2.09. The summed E-state index contributed by atoms with van der Waals surface area (Å²) in [4.78, 5) is 36.5. The van der Waals surface area contributed by atoms with E-state index in [-0.39, 0.29) is 12.8 Å². The summed E-state index contributed by atoms with van der Waals surface area (Å²) < 4.78 is 23.0. The highest BCUT2D eigenvalue weighted by molar-refractivity contribution is 5.84. The molecule has 0 amide bonds. The number of ether oxygens (including phenoxy) is 3. The molecule has 0 saturated heterocycles. The molecule has 1 aromatic heterocycles. The van der Waals surface area contributed by atoms with Crippen LogP contribution < -0.4 is 0 Å². The smallest absolute Gasteiger partial charge is 0.303 e. The Labute approximate surface area is 198 Å². The molecular weight excluding hydrogens is 440 g/mol. The van der Waals surface area contributed by atoms with Crippen LogP contribution in [-0.2, 0) is 40.4 Å². The zero-order valence-electron chi connectivity index (χ0n) is 20.7. The molecule has 0 bridgehead atoms. The summed E-state index contributed by atoms with van der Waals surface area (Å²) in [7, 11) is 0. The lowest BCUT2D eigenvalue weighted by molar-refractivity contribution is -0.275. The molecule has 2 aliphatic rings. The second-order valence-electron chi connectivity index (χ2n) is 10.4. The molecule has 2 aliphatic carbocycles. The monoisotopic (exact) mass is 472 g/mol. The fourth-order valence-electron chi connectivity index (χ4n) is 6.59. The first-order chi connectivity index (χ1) is 15.7. The van der Waals surface area contributed by atoms with E-state index in [9.17, 15) is 19.5 Å². The van der Waals surface area contributed by atoms with Crippen molar-refractivity contribution in [2.24, 2.45) is 5.41 Å². The van der Waals surface area contributed by atoms with Gasteiger partial charge < -0.3 is 23.7 Å². The first-order valence-electron chi connectivity index (χ1n) is 11.5. The number of aryl methyl sites for hydroxylation is 1. The first kappa shape index (κ1) is 24.3. The quantitative estimate of drug-likeness (QED) is 0.534. The van der Waals surface area contributed by atoms with Gasteiger partial charge in [0.1, 0.15) is 23.4 Å². The van der Waals surface area contributed by atoms with E-state index in [1.54, 1.807) is 13.2 Å². The zero-order chi connectivity index (χ0) is 25.2. The van der Waals surface area contributed by atoms with Crippen molar-refractivity contribution in [2.75, 3.05) is 0 Å². The molecule has 0 unspecified atom stereocenters. The Kier molecular flexibility index (Phi) is 5.59. The third kappa shape index (κ3) is 3.26. The van der Waals surface area contributed by atoms with Crippen molar-refractivity contribution in [2.45, 2.75) is 90.6 Å². The molecule has 0 aliphatic heterocycles. The molecule has 5 atom stereocenters. The van der Waals surface area contributed by atoms with Crippen molar-refractivity contribution in [1.29, 1.82) is 0 Å². The molecular formula is C26H32O8. The van der Waals surface area contributed by atoms with E-state index in [1.807, 2.05) is 32.9 Å². The van der Waals surface area contributed by atoms with E-state index in [0.717, 1.165) is 22.1 Å². The maximum absolute atomic E-state index is 12.6. The molecule has 34 heavy (non-hydrogen) atoms. The van der Waals surface area contributed by atoms with Gasteiger partial charge in [-0.2, -0.15) is 0 Å². The zero-order valence-corrected chi connectivity index (χ0v) is 20.7. The van der Waals surface area contributed by atoms with Crippen LogP contribution >= 0.6 is 0 Å². The number of esters is 3. The maximum Gasteiger partial charge on any atom is 0.303 e. The van der Waals surface area contributed by atoms with Crippen LogP contribution in [0.25, 0.3) is 11.0 Å². The highest BCUT2D eigenvalue weighted by Gasteiger charge is 2.73.